The van der Waals surface area contributed by atoms with E-state index in [1.54, 1.807) is 12.4 Å². The molecule has 0 aliphatic carbocycles. The average molecular weight is 355 g/mol. The van der Waals surface area contributed by atoms with E-state index in [1.807, 2.05) is 38.8 Å². The fourth-order valence-corrected chi connectivity index (χ4v) is 4.63. The second-order valence-corrected chi connectivity index (χ2v) is 7.73. The highest BCUT2D eigenvalue weighted by Gasteiger charge is 2.49. The lowest BCUT2D eigenvalue weighted by atomic mass is 9.78. The van der Waals surface area contributed by atoms with E-state index in [2.05, 4.69) is 4.98 Å². The molecule has 1 unspecified atom stereocenters. The van der Waals surface area contributed by atoms with Crippen molar-refractivity contribution in [2.75, 3.05) is 19.6 Å². The molecule has 1 atom stereocenters. The van der Waals surface area contributed by atoms with Crippen LogP contribution >= 0.6 is 11.3 Å². The number of aromatic nitrogens is 1. The summed E-state index contributed by atoms with van der Waals surface area (Å²) in [4.78, 5) is 33.6. The normalized spacial score (nSPS) is 23.4. The Morgan fingerprint density at radius 3 is 2.80 bits per heavy atom. The monoisotopic (exact) mass is 355 g/mol. The standard InChI is InChI=1S/C19H21N3O2S/c23-17(16-4-11-25-13-16)22-9-1-5-19(14-22)6-10-21(18(19)24)12-15-2-7-20-8-3-15/h2-4,7-8,11,13H,1,5-6,9-10,12,14H2. The molecule has 2 fully saturated rings. The van der Waals surface area contributed by atoms with E-state index in [1.165, 1.54) is 11.3 Å². The molecule has 2 amide bonds. The van der Waals surface area contributed by atoms with E-state index >= 15 is 0 Å². The Labute approximate surface area is 151 Å². The summed E-state index contributed by atoms with van der Waals surface area (Å²) < 4.78 is 0. The molecular weight excluding hydrogens is 334 g/mol. The Morgan fingerprint density at radius 1 is 1.20 bits per heavy atom. The van der Waals surface area contributed by atoms with Crippen molar-refractivity contribution < 1.29 is 9.59 Å². The van der Waals surface area contributed by atoms with Crippen LogP contribution in [-0.4, -0.2) is 46.2 Å². The van der Waals surface area contributed by atoms with Crippen LogP contribution in [0.4, 0.5) is 0 Å². The Hall–Kier alpha value is -2.21. The van der Waals surface area contributed by atoms with Gasteiger partial charge >= 0.3 is 0 Å². The minimum atomic E-state index is -0.392. The topological polar surface area (TPSA) is 53.5 Å². The van der Waals surface area contributed by atoms with Gasteiger partial charge in [-0.2, -0.15) is 11.3 Å². The third-order valence-electron chi connectivity index (χ3n) is 5.36. The third kappa shape index (κ3) is 3.06. The Balaban J connectivity index is 1.48. The Bertz CT molecular complexity index is 762. The average Bonchev–Trinajstić information content (AvgIpc) is 3.28. The van der Waals surface area contributed by atoms with Gasteiger partial charge in [-0.05, 0) is 48.4 Å². The van der Waals surface area contributed by atoms with Crippen LogP contribution in [0.15, 0.2) is 41.4 Å². The molecule has 0 radical (unpaired) electrons. The predicted molar refractivity (Wildman–Crippen MR) is 96.2 cm³/mol. The van der Waals surface area contributed by atoms with Crippen LogP contribution in [0.2, 0.25) is 0 Å². The first-order chi connectivity index (χ1) is 12.2. The smallest absolute Gasteiger partial charge is 0.254 e. The van der Waals surface area contributed by atoms with Crippen LogP contribution in [0, 0.1) is 5.41 Å². The number of amides is 2. The van der Waals surface area contributed by atoms with Gasteiger partial charge in [-0.3, -0.25) is 14.6 Å². The molecule has 1 spiro atoms. The van der Waals surface area contributed by atoms with Gasteiger partial charge in [-0.25, -0.2) is 0 Å². The maximum absolute atomic E-state index is 13.1. The highest BCUT2D eigenvalue weighted by Crippen LogP contribution is 2.41. The minimum Gasteiger partial charge on any atom is -0.338 e. The summed E-state index contributed by atoms with van der Waals surface area (Å²) in [6.07, 6.45) is 6.13. The van der Waals surface area contributed by atoms with Gasteiger partial charge in [-0.1, -0.05) is 0 Å². The number of piperidine rings is 1. The number of thiophene rings is 1. The molecule has 2 aliphatic rings. The number of pyridine rings is 1. The van der Waals surface area contributed by atoms with Gasteiger partial charge in [-0.15, -0.1) is 0 Å². The number of nitrogens with zero attached hydrogens (tertiary/aromatic N) is 3. The van der Waals surface area contributed by atoms with Gasteiger partial charge in [0, 0.05) is 44.0 Å². The van der Waals surface area contributed by atoms with E-state index < -0.39 is 5.41 Å². The van der Waals surface area contributed by atoms with E-state index in [-0.39, 0.29) is 11.8 Å². The molecule has 0 aromatic carbocycles. The van der Waals surface area contributed by atoms with Crippen molar-refractivity contribution in [3.63, 3.8) is 0 Å². The van der Waals surface area contributed by atoms with E-state index in [0.29, 0.717) is 13.1 Å². The molecule has 0 saturated carbocycles. The van der Waals surface area contributed by atoms with Crippen LogP contribution < -0.4 is 0 Å². The van der Waals surface area contributed by atoms with Gasteiger partial charge in [0.05, 0.1) is 11.0 Å². The SMILES string of the molecule is O=C(c1ccsc1)N1CCCC2(CCN(Cc3ccncc3)C2=O)C1. The lowest BCUT2D eigenvalue weighted by Gasteiger charge is -2.39. The maximum atomic E-state index is 13.1. The summed E-state index contributed by atoms with van der Waals surface area (Å²) in [6.45, 7) is 2.69. The van der Waals surface area contributed by atoms with E-state index in [0.717, 1.165) is 43.5 Å². The van der Waals surface area contributed by atoms with Crippen molar-refractivity contribution in [2.24, 2.45) is 5.41 Å². The van der Waals surface area contributed by atoms with Gasteiger partial charge in [0.25, 0.3) is 5.91 Å². The second kappa shape index (κ2) is 6.59. The highest BCUT2D eigenvalue weighted by atomic mass is 32.1. The second-order valence-electron chi connectivity index (χ2n) is 6.95. The molecule has 0 N–H and O–H groups in total. The number of hydrogen-bond donors (Lipinski definition) is 0. The van der Waals surface area contributed by atoms with E-state index in [9.17, 15) is 9.59 Å². The zero-order valence-electron chi connectivity index (χ0n) is 14.1. The van der Waals surface area contributed by atoms with Crippen molar-refractivity contribution in [3.05, 3.63) is 52.5 Å². The number of hydrogen-bond acceptors (Lipinski definition) is 4. The molecule has 2 aliphatic heterocycles. The minimum absolute atomic E-state index is 0.0562. The quantitative estimate of drug-likeness (QED) is 0.851. The number of rotatable bonds is 3. The van der Waals surface area contributed by atoms with Crippen molar-refractivity contribution in [3.8, 4) is 0 Å². The molecule has 2 aromatic heterocycles. The summed E-state index contributed by atoms with van der Waals surface area (Å²) in [5.74, 6) is 0.257. The van der Waals surface area contributed by atoms with Crippen LogP contribution in [-0.2, 0) is 11.3 Å². The third-order valence-corrected chi connectivity index (χ3v) is 6.04. The van der Waals surface area contributed by atoms with Crippen molar-refractivity contribution in [2.45, 2.75) is 25.8 Å². The summed E-state index contributed by atoms with van der Waals surface area (Å²) >= 11 is 1.53. The largest absolute Gasteiger partial charge is 0.338 e. The molecule has 0 bridgehead atoms. The summed E-state index contributed by atoms with van der Waals surface area (Å²) in [7, 11) is 0. The first-order valence-corrected chi connectivity index (χ1v) is 9.62. The van der Waals surface area contributed by atoms with Crippen molar-refractivity contribution in [1.29, 1.82) is 0 Å². The van der Waals surface area contributed by atoms with Crippen LogP contribution in [0.5, 0.6) is 0 Å². The number of likely N-dealkylation sites (tertiary alicyclic amines) is 2. The Kier molecular flexibility index (Phi) is 4.29. The van der Waals surface area contributed by atoms with Crippen molar-refractivity contribution >= 4 is 23.2 Å². The molecule has 2 aromatic rings. The van der Waals surface area contributed by atoms with Crippen LogP contribution in [0.1, 0.15) is 35.2 Å². The molecular formula is C19H21N3O2S. The van der Waals surface area contributed by atoms with Crippen molar-refractivity contribution in [1.82, 2.24) is 14.8 Å². The lowest BCUT2D eigenvalue weighted by Crippen LogP contribution is -2.49. The van der Waals surface area contributed by atoms with Crippen LogP contribution in [0.25, 0.3) is 0 Å². The molecule has 6 heteroatoms. The zero-order chi connectivity index (χ0) is 17.3. The van der Waals surface area contributed by atoms with Gasteiger partial charge < -0.3 is 9.80 Å². The number of carbonyl (C=O) groups is 2. The van der Waals surface area contributed by atoms with Gasteiger partial charge in [0.2, 0.25) is 5.91 Å². The molecule has 25 heavy (non-hydrogen) atoms. The summed E-state index contributed by atoms with van der Waals surface area (Å²) in [5, 5.41) is 3.81. The first-order valence-electron chi connectivity index (χ1n) is 8.68. The maximum Gasteiger partial charge on any atom is 0.254 e. The fourth-order valence-electron chi connectivity index (χ4n) is 4.00. The summed E-state index contributed by atoms with van der Waals surface area (Å²) in [6, 6.07) is 5.76. The molecule has 2 saturated heterocycles. The fraction of sp³-hybridized carbons (Fsp3) is 0.421. The molecule has 5 nitrogen and oxygen atoms in total. The lowest BCUT2D eigenvalue weighted by molar-refractivity contribution is -0.138. The first kappa shape index (κ1) is 16.3. The molecule has 4 heterocycles. The molecule has 4 rings (SSSR count). The summed E-state index contributed by atoms with van der Waals surface area (Å²) in [5.41, 5.74) is 1.44. The highest BCUT2D eigenvalue weighted by molar-refractivity contribution is 7.08. The van der Waals surface area contributed by atoms with E-state index in [4.69, 9.17) is 0 Å². The van der Waals surface area contributed by atoms with Gasteiger partial charge in [0.1, 0.15) is 0 Å². The Morgan fingerprint density at radius 2 is 2.04 bits per heavy atom. The molecule has 130 valence electrons. The van der Waals surface area contributed by atoms with Crippen LogP contribution in [0.3, 0.4) is 0 Å². The zero-order valence-corrected chi connectivity index (χ0v) is 14.9. The number of carbonyl (C=O) groups excluding carboxylic acids is 2. The predicted octanol–water partition coefficient (Wildman–Crippen LogP) is 2.80. The van der Waals surface area contributed by atoms with Gasteiger partial charge in [0.15, 0.2) is 0 Å².